The first-order valence-corrected chi connectivity index (χ1v) is 10.1. The van der Waals surface area contributed by atoms with E-state index in [0.717, 1.165) is 42.6 Å². The Hall–Kier alpha value is -1.66. The lowest BCUT2D eigenvalue weighted by Gasteiger charge is -2.36. The maximum absolute atomic E-state index is 6.22. The molecule has 1 fully saturated rings. The zero-order valence-corrected chi connectivity index (χ0v) is 17.4. The minimum Gasteiger partial charge on any atom is -0.370 e. The fourth-order valence-electron chi connectivity index (χ4n) is 3.67. The fourth-order valence-corrected chi connectivity index (χ4v) is 4.14. The molecule has 4 nitrogen and oxygen atoms in total. The monoisotopic (exact) mass is 404 g/mol. The van der Waals surface area contributed by atoms with Crippen molar-refractivity contribution >= 4 is 34.6 Å². The van der Waals surface area contributed by atoms with E-state index in [0.29, 0.717) is 11.2 Å². The summed E-state index contributed by atoms with van der Waals surface area (Å²) >= 11 is 11.8. The van der Waals surface area contributed by atoms with Crippen LogP contribution in [0.15, 0.2) is 48.5 Å². The van der Waals surface area contributed by atoms with Crippen molar-refractivity contribution < 1.29 is 9.64 Å². The van der Waals surface area contributed by atoms with E-state index in [4.69, 9.17) is 28.6 Å². The van der Waals surface area contributed by atoms with Crippen molar-refractivity contribution in [3.63, 3.8) is 0 Å². The molecule has 27 heavy (non-hydrogen) atoms. The van der Waals surface area contributed by atoms with E-state index in [9.17, 15) is 0 Å². The van der Waals surface area contributed by atoms with E-state index < -0.39 is 0 Å². The first-order valence-electron chi connectivity index (χ1n) is 9.36. The Balaban J connectivity index is 1.72. The van der Waals surface area contributed by atoms with Crippen LogP contribution in [0.1, 0.15) is 24.1 Å². The highest BCUT2D eigenvalue weighted by Gasteiger charge is 2.31. The van der Waals surface area contributed by atoms with Gasteiger partial charge in [-0.05, 0) is 43.8 Å². The molecule has 0 saturated carbocycles. The molecule has 1 aliphatic rings. The molecule has 2 aromatic rings. The molecule has 3 rings (SSSR count). The number of morpholine rings is 1. The lowest BCUT2D eigenvalue weighted by molar-refractivity contribution is -0.940. The molecule has 1 heterocycles. The van der Waals surface area contributed by atoms with Crippen molar-refractivity contribution in [2.45, 2.75) is 25.9 Å². The Kier molecular flexibility index (Phi) is 7.07. The summed E-state index contributed by atoms with van der Waals surface area (Å²) in [6.07, 6.45) is 0. The van der Waals surface area contributed by atoms with Crippen LogP contribution >= 0.6 is 23.8 Å². The second kappa shape index (κ2) is 9.51. The lowest BCUT2D eigenvalue weighted by Crippen LogP contribution is -3.15. The minimum absolute atomic E-state index is 0.167. The van der Waals surface area contributed by atoms with Crippen LogP contribution < -0.4 is 15.5 Å². The zero-order chi connectivity index (χ0) is 19.2. The van der Waals surface area contributed by atoms with Gasteiger partial charge in [0.25, 0.3) is 0 Å². The van der Waals surface area contributed by atoms with Crippen LogP contribution in [0, 0.1) is 6.92 Å². The standard InChI is InChI=1S/C21H26ClN3OS/c1-15-18(22)9-6-10-19(15)24-21(27)23-16(2)20(17-7-4-3-5-8-17)25-11-13-26-14-12-25/h3-10,16,20H,11-14H2,1-2H3,(H2,23,24,27)/p+1/t16-,20-/m0/s1. The molecule has 1 saturated heterocycles. The predicted octanol–water partition coefficient (Wildman–Crippen LogP) is 2.98. The average molecular weight is 405 g/mol. The molecule has 1 aliphatic heterocycles. The highest BCUT2D eigenvalue weighted by atomic mass is 35.5. The van der Waals surface area contributed by atoms with E-state index in [1.165, 1.54) is 10.5 Å². The number of hydrogen-bond donors (Lipinski definition) is 3. The number of hydrogen-bond acceptors (Lipinski definition) is 2. The van der Waals surface area contributed by atoms with Crippen molar-refractivity contribution in [2.75, 3.05) is 31.6 Å². The average Bonchev–Trinajstić information content (AvgIpc) is 2.67. The van der Waals surface area contributed by atoms with Crippen LogP contribution in [0.4, 0.5) is 5.69 Å². The molecule has 0 unspecified atom stereocenters. The van der Waals surface area contributed by atoms with Crippen LogP contribution in [-0.2, 0) is 4.74 Å². The molecular formula is C21H27ClN3OS+. The Morgan fingerprint density at radius 1 is 1.11 bits per heavy atom. The smallest absolute Gasteiger partial charge is 0.171 e. The predicted molar refractivity (Wildman–Crippen MR) is 116 cm³/mol. The van der Waals surface area contributed by atoms with Crippen molar-refractivity contribution in [2.24, 2.45) is 0 Å². The normalized spacial score (nSPS) is 17.1. The number of nitrogens with one attached hydrogen (secondary N) is 3. The van der Waals surface area contributed by atoms with Crippen LogP contribution in [0.2, 0.25) is 5.02 Å². The molecule has 2 aromatic carbocycles. The van der Waals surface area contributed by atoms with Gasteiger partial charge >= 0.3 is 0 Å². The first-order chi connectivity index (χ1) is 13.1. The molecule has 0 spiro atoms. The highest BCUT2D eigenvalue weighted by Crippen LogP contribution is 2.23. The maximum atomic E-state index is 6.22. The van der Waals surface area contributed by atoms with Gasteiger partial charge in [-0.3, -0.25) is 0 Å². The number of ether oxygens (including phenoxy) is 1. The van der Waals surface area contributed by atoms with Crippen molar-refractivity contribution in [1.82, 2.24) is 5.32 Å². The van der Waals surface area contributed by atoms with Crippen LogP contribution in [0.25, 0.3) is 0 Å². The Bertz CT molecular complexity index is 765. The van der Waals surface area contributed by atoms with E-state index in [-0.39, 0.29) is 6.04 Å². The SMILES string of the molecule is Cc1c(Cl)cccc1NC(=S)N[C@@H](C)[C@@H](c1ccccc1)[NH+]1CCOCC1. The first kappa shape index (κ1) is 20.1. The van der Waals surface area contributed by atoms with Gasteiger partial charge in [0.2, 0.25) is 0 Å². The summed E-state index contributed by atoms with van der Waals surface area (Å²) in [6, 6.07) is 16.9. The Morgan fingerprint density at radius 2 is 1.81 bits per heavy atom. The third-order valence-electron chi connectivity index (χ3n) is 5.11. The maximum Gasteiger partial charge on any atom is 0.171 e. The summed E-state index contributed by atoms with van der Waals surface area (Å²) in [4.78, 5) is 1.52. The molecule has 0 aromatic heterocycles. The van der Waals surface area contributed by atoms with Gasteiger partial charge in [0.05, 0.1) is 19.3 Å². The van der Waals surface area contributed by atoms with Gasteiger partial charge in [-0.25, -0.2) is 0 Å². The number of rotatable bonds is 5. The Morgan fingerprint density at radius 3 is 2.52 bits per heavy atom. The number of halogens is 1. The van der Waals surface area contributed by atoms with Gasteiger partial charge in [0.1, 0.15) is 19.1 Å². The molecule has 2 atom stereocenters. The molecular weight excluding hydrogens is 378 g/mol. The zero-order valence-electron chi connectivity index (χ0n) is 15.8. The summed E-state index contributed by atoms with van der Waals surface area (Å²) in [5, 5.41) is 8.12. The largest absolute Gasteiger partial charge is 0.370 e. The van der Waals surface area contributed by atoms with Gasteiger partial charge in [-0.1, -0.05) is 48.0 Å². The molecule has 0 aliphatic carbocycles. The van der Waals surface area contributed by atoms with E-state index >= 15 is 0 Å². The number of thiocarbonyl (C=S) groups is 1. The van der Waals surface area contributed by atoms with E-state index in [2.05, 4.69) is 47.9 Å². The van der Waals surface area contributed by atoms with Crippen LogP contribution in [0.3, 0.4) is 0 Å². The lowest BCUT2D eigenvalue weighted by atomic mass is 9.98. The molecule has 3 N–H and O–H groups in total. The second-order valence-electron chi connectivity index (χ2n) is 6.96. The Labute approximate surface area is 171 Å². The van der Waals surface area contributed by atoms with Gasteiger partial charge in [-0.2, -0.15) is 0 Å². The summed E-state index contributed by atoms with van der Waals surface area (Å²) in [5.41, 5.74) is 3.24. The molecule has 0 bridgehead atoms. The summed E-state index contributed by atoms with van der Waals surface area (Å²) < 4.78 is 5.56. The quantitative estimate of drug-likeness (QED) is 0.670. The van der Waals surface area contributed by atoms with Gasteiger partial charge in [0, 0.05) is 16.3 Å². The van der Waals surface area contributed by atoms with Crippen molar-refractivity contribution in [3.05, 3.63) is 64.7 Å². The molecule has 0 amide bonds. The van der Waals surface area contributed by atoms with Gasteiger partial charge in [0.15, 0.2) is 5.11 Å². The van der Waals surface area contributed by atoms with Gasteiger partial charge in [-0.15, -0.1) is 0 Å². The number of anilines is 1. The molecule has 6 heteroatoms. The molecule has 0 radical (unpaired) electrons. The summed E-state index contributed by atoms with van der Waals surface area (Å²) in [7, 11) is 0. The summed E-state index contributed by atoms with van der Waals surface area (Å²) in [5.74, 6) is 0. The third kappa shape index (κ3) is 5.20. The highest BCUT2D eigenvalue weighted by molar-refractivity contribution is 7.80. The number of benzene rings is 2. The van der Waals surface area contributed by atoms with Crippen molar-refractivity contribution in [1.29, 1.82) is 0 Å². The minimum atomic E-state index is 0.167. The summed E-state index contributed by atoms with van der Waals surface area (Å²) in [6.45, 7) is 7.78. The third-order valence-corrected chi connectivity index (χ3v) is 5.74. The van der Waals surface area contributed by atoms with E-state index in [1.54, 1.807) is 0 Å². The fraction of sp³-hybridized carbons (Fsp3) is 0.381. The van der Waals surface area contributed by atoms with E-state index in [1.807, 2.05) is 25.1 Å². The van der Waals surface area contributed by atoms with Crippen LogP contribution in [-0.4, -0.2) is 37.5 Å². The van der Waals surface area contributed by atoms with Crippen LogP contribution in [0.5, 0.6) is 0 Å². The topological polar surface area (TPSA) is 37.7 Å². The number of quaternary nitrogens is 1. The molecule has 144 valence electrons. The second-order valence-corrected chi connectivity index (χ2v) is 7.77. The van der Waals surface area contributed by atoms with Gasteiger partial charge < -0.3 is 20.3 Å². The van der Waals surface area contributed by atoms with Crippen molar-refractivity contribution in [3.8, 4) is 0 Å².